The van der Waals surface area contributed by atoms with Crippen LogP contribution in [0.2, 0.25) is 0 Å². The molecule has 1 N–H and O–H groups in total. The maximum absolute atomic E-state index is 11.3. The Kier molecular flexibility index (Phi) is 1.95. The van der Waals surface area contributed by atoms with Crippen LogP contribution in [0.5, 0.6) is 0 Å². The zero-order valence-corrected chi connectivity index (χ0v) is 11.5. The number of imidazole rings is 1. The molecule has 0 saturated heterocycles. The Morgan fingerprint density at radius 3 is 2.85 bits per heavy atom. The average molecular weight is 290 g/mol. The van der Waals surface area contributed by atoms with E-state index >= 15 is 0 Å². The molecule has 0 aromatic carbocycles. The highest BCUT2D eigenvalue weighted by molar-refractivity contribution is 7.15. The second kappa shape index (κ2) is 3.52. The SMILES string of the molecule is O=[N+]([O-])c1c(NC2C3C4CCC(C4)C23)nc2sccn12. The molecule has 2 bridgehead atoms. The minimum absolute atomic E-state index is 0.0820. The third kappa shape index (κ3) is 1.26. The number of rotatable bonds is 3. The number of hydrogen-bond donors (Lipinski definition) is 1. The van der Waals surface area contributed by atoms with Crippen molar-refractivity contribution in [1.29, 1.82) is 0 Å². The van der Waals surface area contributed by atoms with Gasteiger partial charge in [-0.2, -0.15) is 9.38 Å². The van der Waals surface area contributed by atoms with Crippen LogP contribution in [0.1, 0.15) is 19.3 Å². The third-order valence-electron chi connectivity index (χ3n) is 5.45. The molecular weight excluding hydrogens is 276 g/mol. The van der Waals surface area contributed by atoms with Gasteiger partial charge in [0.25, 0.3) is 4.96 Å². The summed E-state index contributed by atoms with van der Waals surface area (Å²) < 4.78 is 1.57. The van der Waals surface area contributed by atoms with Crippen molar-refractivity contribution in [3.8, 4) is 0 Å². The summed E-state index contributed by atoms with van der Waals surface area (Å²) in [6.45, 7) is 0. The molecule has 2 aromatic heterocycles. The van der Waals surface area contributed by atoms with Gasteiger partial charge in [0.05, 0.1) is 0 Å². The monoisotopic (exact) mass is 290 g/mol. The van der Waals surface area contributed by atoms with Gasteiger partial charge in [0.2, 0.25) is 5.82 Å². The molecule has 7 heteroatoms. The highest BCUT2D eigenvalue weighted by atomic mass is 32.1. The molecule has 3 saturated carbocycles. The van der Waals surface area contributed by atoms with Crippen molar-refractivity contribution in [3.63, 3.8) is 0 Å². The topological polar surface area (TPSA) is 72.5 Å². The largest absolute Gasteiger partial charge is 0.372 e. The number of aromatic nitrogens is 2. The Morgan fingerprint density at radius 1 is 1.40 bits per heavy atom. The van der Waals surface area contributed by atoms with Crippen LogP contribution in [-0.2, 0) is 0 Å². The fraction of sp³-hybridized carbons (Fsp3) is 0.615. The van der Waals surface area contributed by atoms with Crippen molar-refractivity contribution in [1.82, 2.24) is 9.38 Å². The third-order valence-corrected chi connectivity index (χ3v) is 6.21. The first-order valence-corrected chi connectivity index (χ1v) is 7.98. The summed E-state index contributed by atoms with van der Waals surface area (Å²) in [5.74, 6) is 3.73. The number of nitro groups is 1. The van der Waals surface area contributed by atoms with E-state index in [1.807, 2.05) is 5.38 Å². The lowest BCUT2D eigenvalue weighted by atomic mass is 10.0. The standard InChI is InChI=1S/C13H14N4O2S/c18-17(19)12-11(15-13-16(12)3-4-20-13)14-10-8-6-1-2-7(5-6)9(8)10/h3-4,6-10,14H,1-2,5H2. The van der Waals surface area contributed by atoms with Gasteiger partial charge in [-0.3, -0.25) is 0 Å². The van der Waals surface area contributed by atoms with Gasteiger partial charge >= 0.3 is 5.82 Å². The lowest BCUT2D eigenvalue weighted by molar-refractivity contribution is -0.389. The fourth-order valence-electron chi connectivity index (χ4n) is 4.72. The highest BCUT2D eigenvalue weighted by Gasteiger charge is 2.65. The lowest BCUT2D eigenvalue weighted by Gasteiger charge is -2.09. The van der Waals surface area contributed by atoms with Crippen molar-refractivity contribution in [2.24, 2.45) is 23.7 Å². The van der Waals surface area contributed by atoms with Gasteiger partial charge in [0.1, 0.15) is 6.20 Å². The van der Waals surface area contributed by atoms with Gasteiger partial charge in [-0.1, -0.05) is 11.3 Å². The molecule has 2 heterocycles. The molecular formula is C13H14N4O2S. The van der Waals surface area contributed by atoms with Crippen LogP contribution in [0.4, 0.5) is 11.6 Å². The van der Waals surface area contributed by atoms with E-state index in [2.05, 4.69) is 10.3 Å². The number of nitrogens with one attached hydrogen (secondary N) is 1. The molecule has 2 aromatic rings. The lowest BCUT2D eigenvalue weighted by Crippen LogP contribution is -2.14. The summed E-state index contributed by atoms with van der Waals surface area (Å²) in [6.07, 6.45) is 5.80. The van der Waals surface area contributed by atoms with E-state index in [1.54, 1.807) is 10.6 Å². The number of nitrogens with zero attached hydrogens (tertiary/aromatic N) is 3. The van der Waals surface area contributed by atoms with E-state index < -0.39 is 0 Å². The van der Waals surface area contributed by atoms with Crippen LogP contribution >= 0.6 is 11.3 Å². The minimum Gasteiger partial charge on any atom is -0.360 e. The predicted octanol–water partition coefficient (Wildman–Crippen LogP) is 2.76. The van der Waals surface area contributed by atoms with Crippen LogP contribution in [0.15, 0.2) is 11.6 Å². The maximum atomic E-state index is 11.3. The summed E-state index contributed by atoms with van der Waals surface area (Å²) in [6, 6.07) is 0.421. The number of hydrogen-bond acceptors (Lipinski definition) is 5. The Balaban J connectivity index is 1.49. The number of anilines is 1. The molecule has 0 spiro atoms. The van der Waals surface area contributed by atoms with Gasteiger partial charge < -0.3 is 15.4 Å². The summed E-state index contributed by atoms with van der Waals surface area (Å²) in [5, 5.41) is 16.5. The van der Waals surface area contributed by atoms with Crippen molar-refractivity contribution < 1.29 is 4.92 Å². The van der Waals surface area contributed by atoms with Gasteiger partial charge in [-0.25, -0.2) is 0 Å². The smallest absolute Gasteiger partial charge is 0.360 e. The molecule has 4 atom stereocenters. The minimum atomic E-state index is -0.332. The number of thiazole rings is 1. The first-order chi connectivity index (χ1) is 9.74. The molecule has 3 fully saturated rings. The van der Waals surface area contributed by atoms with Gasteiger partial charge in [-0.05, 0) is 47.9 Å². The van der Waals surface area contributed by atoms with Crippen molar-refractivity contribution >= 4 is 27.9 Å². The normalized spacial score (nSPS) is 37.3. The Hall–Kier alpha value is -1.63. The maximum Gasteiger partial charge on any atom is 0.372 e. The van der Waals surface area contributed by atoms with Crippen molar-refractivity contribution in [2.75, 3.05) is 5.32 Å². The van der Waals surface area contributed by atoms with Crippen molar-refractivity contribution in [3.05, 3.63) is 21.7 Å². The van der Waals surface area contributed by atoms with E-state index in [-0.39, 0.29) is 10.7 Å². The van der Waals surface area contributed by atoms with Crippen LogP contribution in [0, 0.1) is 33.8 Å². The quantitative estimate of drug-likeness (QED) is 0.697. The Morgan fingerprint density at radius 2 is 2.15 bits per heavy atom. The fourth-order valence-corrected chi connectivity index (χ4v) is 5.43. The van der Waals surface area contributed by atoms with Crippen LogP contribution in [0.3, 0.4) is 0 Å². The molecule has 0 aliphatic heterocycles. The molecule has 20 heavy (non-hydrogen) atoms. The number of fused-ring (bicyclic) bond motifs is 6. The average Bonchev–Trinajstić information content (AvgIpc) is 2.88. The molecule has 6 nitrogen and oxygen atoms in total. The summed E-state index contributed by atoms with van der Waals surface area (Å²) in [7, 11) is 0. The van der Waals surface area contributed by atoms with E-state index in [4.69, 9.17) is 0 Å². The summed E-state index contributed by atoms with van der Waals surface area (Å²) >= 11 is 1.43. The molecule has 104 valence electrons. The molecule has 5 rings (SSSR count). The van der Waals surface area contributed by atoms with E-state index in [1.165, 1.54) is 30.6 Å². The molecule has 0 amide bonds. The highest BCUT2D eigenvalue weighted by Crippen LogP contribution is 2.66. The van der Waals surface area contributed by atoms with E-state index in [9.17, 15) is 10.1 Å². The van der Waals surface area contributed by atoms with E-state index in [0.717, 1.165) is 23.7 Å². The first-order valence-electron chi connectivity index (χ1n) is 7.10. The Bertz CT molecular complexity index is 707. The molecule has 3 aliphatic carbocycles. The van der Waals surface area contributed by atoms with Gasteiger partial charge in [0.15, 0.2) is 0 Å². The van der Waals surface area contributed by atoms with Crippen LogP contribution in [-0.4, -0.2) is 20.3 Å². The molecule has 0 radical (unpaired) electrons. The zero-order valence-electron chi connectivity index (χ0n) is 10.7. The van der Waals surface area contributed by atoms with Crippen molar-refractivity contribution in [2.45, 2.75) is 25.3 Å². The van der Waals surface area contributed by atoms with Gasteiger partial charge in [0, 0.05) is 11.4 Å². The predicted molar refractivity (Wildman–Crippen MR) is 74.9 cm³/mol. The van der Waals surface area contributed by atoms with Crippen LogP contribution < -0.4 is 5.32 Å². The Labute approximate surface area is 119 Å². The zero-order chi connectivity index (χ0) is 13.4. The van der Waals surface area contributed by atoms with E-state index in [0.29, 0.717) is 16.8 Å². The van der Waals surface area contributed by atoms with Crippen LogP contribution in [0.25, 0.3) is 4.96 Å². The summed E-state index contributed by atoms with van der Waals surface area (Å²) in [5.41, 5.74) is 0. The molecule has 4 unspecified atom stereocenters. The second-order valence-corrected chi connectivity index (χ2v) is 7.13. The molecule has 3 aliphatic rings. The summed E-state index contributed by atoms with van der Waals surface area (Å²) in [4.78, 5) is 16.1. The second-order valence-electron chi connectivity index (χ2n) is 6.25. The van der Waals surface area contributed by atoms with Gasteiger partial charge in [-0.15, -0.1) is 0 Å². The first kappa shape index (κ1) is 11.1.